The van der Waals surface area contributed by atoms with Crippen LogP contribution in [0.25, 0.3) is 11.2 Å². The normalized spacial score (nSPS) is 11.3. The van der Waals surface area contributed by atoms with Crippen molar-refractivity contribution in [1.29, 1.82) is 0 Å². The monoisotopic (exact) mass is 729 g/mol. The Kier molecular flexibility index (Phi) is 14.6. The van der Waals surface area contributed by atoms with Gasteiger partial charge in [0.2, 0.25) is 17.8 Å². The molecular weight excluding hydrogens is 686 g/mol. The van der Waals surface area contributed by atoms with Gasteiger partial charge in [0.25, 0.3) is 17.4 Å². The molecule has 2 aromatic carbocycles. The molecule has 11 N–H and O–H groups in total. The predicted molar refractivity (Wildman–Crippen MR) is 197 cm³/mol. The molecule has 1 atom stereocenters. The molecule has 2 aromatic heterocycles. The highest BCUT2D eigenvalue weighted by atomic mass is 16.4. The number of rotatable bonds is 20. The SMILES string of the molecule is Nc1ccc(C(=O)NCCCCCNC(=O)CCC(NC(=O)CCCNC(=O)c2ccc(NCc3cnc4nc(N)[nH]c(=O)c4n3)cc2)C(=O)O)cc1. The molecule has 0 bridgehead atoms. The van der Waals surface area contributed by atoms with Crippen molar-refractivity contribution in [2.45, 2.75) is 57.5 Å². The number of benzene rings is 2. The van der Waals surface area contributed by atoms with Crippen LogP contribution in [0.4, 0.5) is 17.3 Å². The van der Waals surface area contributed by atoms with E-state index in [2.05, 4.69) is 46.5 Å². The molecule has 4 rings (SSSR count). The third-order valence-electron chi connectivity index (χ3n) is 7.90. The number of nitrogens with one attached hydrogen (secondary N) is 6. The molecule has 18 heteroatoms. The summed E-state index contributed by atoms with van der Waals surface area (Å²) in [5, 5.41) is 23.4. The van der Waals surface area contributed by atoms with Gasteiger partial charge in [-0.05, 0) is 80.6 Å². The predicted octanol–water partition coefficient (Wildman–Crippen LogP) is 1.07. The van der Waals surface area contributed by atoms with Crippen LogP contribution in [0, 0.1) is 0 Å². The lowest BCUT2D eigenvalue weighted by Crippen LogP contribution is -2.41. The van der Waals surface area contributed by atoms with Crippen LogP contribution in [0.5, 0.6) is 0 Å². The Morgan fingerprint density at radius 2 is 1.38 bits per heavy atom. The van der Waals surface area contributed by atoms with Crippen LogP contribution in [0.3, 0.4) is 0 Å². The number of H-pyrrole nitrogens is 1. The maximum atomic E-state index is 12.6. The van der Waals surface area contributed by atoms with Crippen LogP contribution in [0.1, 0.15) is 71.4 Å². The summed E-state index contributed by atoms with van der Waals surface area (Å²) in [5.74, 6) is -2.66. The second-order valence-corrected chi connectivity index (χ2v) is 12.1. The number of nitrogen functional groups attached to an aromatic ring is 2. The number of nitrogens with two attached hydrogens (primary N) is 2. The molecular formula is C35H43N11O7. The van der Waals surface area contributed by atoms with E-state index < -0.39 is 23.5 Å². The molecule has 0 saturated heterocycles. The van der Waals surface area contributed by atoms with E-state index in [1.165, 1.54) is 6.20 Å². The van der Waals surface area contributed by atoms with Gasteiger partial charge < -0.3 is 43.2 Å². The van der Waals surface area contributed by atoms with Crippen molar-refractivity contribution in [2.75, 3.05) is 36.4 Å². The molecule has 2 heterocycles. The van der Waals surface area contributed by atoms with E-state index in [4.69, 9.17) is 11.5 Å². The van der Waals surface area contributed by atoms with Gasteiger partial charge >= 0.3 is 5.97 Å². The van der Waals surface area contributed by atoms with Gasteiger partial charge in [0.05, 0.1) is 18.4 Å². The number of aromatic nitrogens is 4. The highest BCUT2D eigenvalue weighted by molar-refractivity contribution is 5.95. The molecule has 4 amide bonds. The van der Waals surface area contributed by atoms with Gasteiger partial charge in [-0.2, -0.15) is 4.98 Å². The van der Waals surface area contributed by atoms with Crippen molar-refractivity contribution in [3.8, 4) is 0 Å². The number of nitrogens with zero attached hydrogens (tertiary/aromatic N) is 3. The first-order valence-corrected chi connectivity index (χ1v) is 17.0. The molecule has 0 fully saturated rings. The first kappa shape index (κ1) is 39.2. The first-order valence-electron chi connectivity index (χ1n) is 17.0. The fourth-order valence-corrected chi connectivity index (χ4v) is 5.02. The Labute approximate surface area is 304 Å². The molecule has 280 valence electrons. The number of carbonyl (C=O) groups excluding carboxylic acids is 4. The van der Waals surface area contributed by atoms with Crippen molar-refractivity contribution < 1.29 is 29.1 Å². The number of unbranched alkanes of at least 4 members (excludes halogenated alkanes) is 2. The second-order valence-electron chi connectivity index (χ2n) is 12.1. The van der Waals surface area contributed by atoms with E-state index in [0.29, 0.717) is 47.7 Å². The minimum Gasteiger partial charge on any atom is -0.480 e. The van der Waals surface area contributed by atoms with Gasteiger partial charge in [0.15, 0.2) is 11.2 Å². The molecule has 0 aliphatic carbocycles. The molecule has 0 aliphatic rings. The van der Waals surface area contributed by atoms with Gasteiger partial charge in [-0.15, -0.1) is 0 Å². The molecule has 0 spiro atoms. The van der Waals surface area contributed by atoms with Crippen molar-refractivity contribution >= 4 is 58.1 Å². The largest absolute Gasteiger partial charge is 0.480 e. The zero-order valence-electron chi connectivity index (χ0n) is 28.9. The summed E-state index contributed by atoms with van der Waals surface area (Å²) < 4.78 is 0. The highest BCUT2D eigenvalue weighted by Gasteiger charge is 2.21. The Morgan fingerprint density at radius 3 is 2.04 bits per heavy atom. The average molecular weight is 730 g/mol. The van der Waals surface area contributed by atoms with Crippen LogP contribution in [0.2, 0.25) is 0 Å². The average Bonchev–Trinajstić information content (AvgIpc) is 3.14. The fraction of sp³-hybridized carbons (Fsp3) is 0.343. The number of hydrogen-bond acceptors (Lipinski definition) is 12. The topological polar surface area (TPSA) is 289 Å². The maximum Gasteiger partial charge on any atom is 0.326 e. The summed E-state index contributed by atoms with van der Waals surface area (Å²) in [6.45, 7) is 1.34. The lowest BCUT2D eigenvalue weighted by atomic mass is 10.1. The Bertz CT molecular complexity index is 1950. The number of aromatic amines is 1. The van der Waals surface area contributed by atoms with E-state index in [9.17, 15) is 33.9 Å². The van der Waals surface area contributed by atoms with Gasteiger partial charge in [-0.1, -0.05) is 0 Å². The zero-order chi connectivity index (χ0) is 38.2. The minimum atomic E-state index is -1.25. The van der Waals surface area contributed by atoms with E-state index in [-0.39, 0.29) is 73.6 Å². The van der Waals surface area contributed by atoms with E-state index in [0.717, 1.165) is 12.8 Å². The Morgan fingerprint density at radius 1 is 0.755 bits per heavy atom. The van der Waals surface area contributed by atoms with Crippen molar-refractivity contribution in [3.05, 3.63) is 81.9 Å². The van der Waals surface area contributed by atoms with Gasteiger partial charge in [-0.3, -0.25) is 29.0 Å². The summed E-state index contributed by atoms with van der Waals surface area (Å²) in [4.78, 5) is 87.7. The number of amides is 4. The lowest BCUT2D eigenvalue weighted by Gasteiger charge is -2.14. The Hall–Kier alpha value is -6.59. The van der Waals surface area contributed by atoms with Crippen molar-refractivity contribution in [2.24, 2.45) is 0 Å². The molecule has 18 nitrogen and oxygen atoms in total. The number of carbonyl (C=O) groups is 5. The van der Waals surface area contributed by atoms with Gasteiger partial charge in [0.1, 0.15) is 6.04 Å². The van der Waals surface area contributed by atoms with Gasteiger partial charge in [-0.25, -0.2) is 14.8 Å². The molecule has 53 heavy (non-hydrogen) atoms. The summed E-state index contributed by atoms with van der Waals surface area (Å²) in [5.41, 5.74) is 13.6. The molecule has 4 aromatic rings. The zero-order valence-corrected chi connectivity index (χ0v) is 28.9. The molecule has 0 saturated carbocycles. The van der Waals surface area contributed by atoms with Crippen molar-refractivity contribution in [1.82, 2.24) is 41.2 Å². The van der Waals surface area contributed by atoms with Crippen LogP contribution >= 0.6 is 0 Å². The fourth-order valence-electron chi connectivity index (χ4n) is 5.02. The number of anilines is 3. The Balaban J connectivity index is 1.05. The van der Waals surface area contributed by atoms with Crippen LogP contribution in [-0.4, -0.2) is 80.3 Å². The smallest absolute Gasteiger partial charge is 0.326 e. The molecule has 0 aliphatic heterocycles. The number of hydrogen-bond donors (Lipinski definition) is 9. The number of aliphatic carboxylic acids is 1. The standard InChI is InChI=1S/C35H43N11O7/c36-23-10-6-21(7-11-23)31(49)39-17-3-1-2-16-38-27(47)15-14-26(34(52)53)44-28(48)5-4-18-40-32(50)22-8-12-24(13-9-22)41-19-25-20-42-30-29(43-25)33(51)46-35(37)45-30/h6-13,20,26,41H,1-5,14-19,36H2,(H,38,47)(H,39,49)(H,40,50)(H,44,48)(H,52,53)(H3,37,42,45,46,51). The number of carboxylic acids is 1. The third-order valence-corrected chi connectivity index (χ3v) is 7.90. The van der Waals surface area contributed by atoms with Gasteiger partial charge in [0, 0.05) is 55.0 Å². The van der Waals surface area contributed by atoms with Crippen molar-refractivity contribution in [3.63, 3.8) is 0 Å². The molecule has 0 radical (unpaired) electrons. The summed E-state index contributed by atoms with van der Waals surface area (Å²) in [7, 11) is 0. The van der Waals surface area contributed by atoms with Crippen LogP contribution in [0.15, 0.2) is 59.5 Å². The minimum absolute atomic E-state index is 0.0213. The van der Waals surface area contributed by atoms with Crippen LogP contribution in [-0.2, 0) is 20.9 Å². The summed E-state index contributed by atoms with van der Waals surface area (Å²) in [6.07, 6.45) is 3.76. The number of fused-ring (bicyclic) bond motifs is 1. The quantitative estimate of drug-likeness (QED) is 0.0455. The lowest BCUT2D eigenvalue weighted by molar-refractivity contribution is -0.142. The van der Waals surface area contributed by atoms with E-state index >= 15 is 0 Å². The first-order chi connectivity index (χ1) is 25.5. The summed E-state index contributed by atoms with van der Waals surface area (Å²) >= 11 is 0. The maximum absolute atomic E-state index is 12.6. The third kappa shape index (κ3) is 12.9. The molecule has 1 unspecified atom stereocenters. The highest BCUT2D eigenvalue weighted by Crippen LogP contribution is 2.12. The van der Waals surface area contributed by atoms with E-state index in [1.807, 2.05) is 0 Å². The van der Waals surface area contributed by atoms with Crippen LogP contribution < -0.4 is 43.6 Å². The number of carboxylic acid groups (broad SMARTS) is 1. The second kappa shape index (κ2) is 19.7. The summed E-state index contributed by atoms with van der Waals surface area (Å²) in [6, 6.07) is 12.0. The van der Waals surface area contributed by atoms with E-state index in [1.54, 1.807) is 48.5 Å².